The van der Waals surface area contributed by atoms with Gasteiger partial charge in [0.05, 0.1) is 0 Å². The van der Waals surface area contributed by atoms with E-state index in [9.17, 15) is 0 Å². The second-order valence-corrected chi connectivity index (χ2v) is 6.24. The molecular weight excluding hydrogens is 244 g/mol. The van der Waals surface area contributed by atoms with Crippen LogP contribution < -0.4 is 5.32 Å². The summed E-state index contributed by atoms with van der Waals surface area (Å²) in [6.07, 6.45) is 2.76. The van der Waals surface area contributed by atoms with Crippen LogP contribution in [0.4, 0.5) is 0 Å². The highest BCUT2D eigenvalue weighted by atomic mass is 14.9. The van der Waals surface area contributed by atoms with Gasteiger partial charge in [-0.15, -0.1) is 0 Å². The van der Waals surface area contributed by atoms with E-state index in [1.807, 2.05) is 25.4 Å². The first kappa shape index (κ1) is 14.7. The second-order valence-electron chi connectivity index (χ2n) is 6.24. The molecule has 0 aliphatic carbocycles. The van der Waals surface area contributed by atoms with Gasteiger partial charge in [-0.05, 0) is 35.7 Å². The summed E-state index contributed by atoms with van der Waals surface area (Å²) in [7, 11) is 2.01. The summed E-state index contributed by atoms with van der Waals surface area (Å²) in [6, 6.07) is 15.3. The molecule has 1 heterocycles. The van der Waals surface area contributed by atoms with Gasteiger partial charge in [-0.3, -0.25) is 4.98 Å². The molecule has 106 valence electrons. The zero-order valence-electron chi connectivity index (χ0n) is 12.9. The monoisotopic (exact) mass is 268 g/mol. The van der Waals surface area contributed by atoms with Gasteiger partial charge in [0.25, 0.3) is 0 Å². The zero-order chi connectivity index (χ0) is 14.6. The summed E-state index contributed by atoms with van der Waals surface area (Å²) < 4.78 is 0. The maximum absolute atomic E-state index is 4.41. The summed E-state index contributed by atoms with van der Waals surface area (Å²) in [5, 5.41) is 3.39. The minimum atomic E-state index is 0.203. The molecule has 20 heavy (non-hydrogen) atoms. The van der Waals surface area contributed by atoms with Crippen LogP contribution in [0.15, 0.2) is 48.7 Å². The molecule has 2 heteroatoms. The minimum Gasteiger partial charge on any atom is -0.313 e. The lowest BCUT2D eigenvalue weighted by molar-refractivity contribution is 0.576. The van der Waals surface area contributed by atoms with Crippen LogP contribution in [0.1, 0.15) is 43.6 Å². The molecule has 0 bridgehead atoms. The Hall–Kier alpha value is -1.67. The Kier molecular flexibility index (Phi) is 4.56. The third-order valence-corrected chi connectivity index (χ3v) is 3.67. The Labute approximate surface area is 122 Å². The van der Waals surface area contributed by atoms with Crippen LogP contribution >= 0.6 is 0 Å². The first-order valence-electron chi connectivity index (χ1n) is 7.18. The number of rotatable bonds is 4. The maximum atomic E-state index is 4.41. The van der Waals surface area contributed by atoms with Crippen LogP contribution in [0, 0.1) is 0 Å². The molecule has 1 aromatic carbocycles. The van der Waals surface area contributed by atoms with Crippen molar-refractivity contribution in [3.63, 3.8) is 0 Å². The number of nitrogens with one attached hydrogen (secondary N) is 1. The lowest BCUT2D eigenvalue weighted by Crippen LogP contribution is -2.19. The number of hydrogen-bond acceptors (Lipinski definition) is 2. The van der Waals surface area contributed by atoms with Crippen molar-refractivity contribution in [2.75, 3.05) is 7.05 Å². The normalized spacial score (nSPS) is 13.2. The van der Waals surface area contributed by atoms with Crippen molar-refractivity contribution in [1.29, 1.82) is 0 Å². The van der Waals surface area contributed by atoms with E-state index in [4.69, 9.17) is 0 Å². The second kappa shape index (κ2) is 6.19. The van der Waals surface area contributed by atoms with E-state index in [0.717, 1.165) is 12.1 Å². The Morgan fingerprint density at radius 2 is 1.75 bits per heavy atom. The van der Waals surface area contributed by atoms with Gasteiger partial charge in [-0.1, -0.05) is 51.1 Å². The van der Waals surface area contributed by atoms with Crippen LogP contribution in [0.5, 0.6) is 0 Å². The molecule has 0 aliphatic rings. The first-order chi connectivity index (χ1) is 9.50. The fourth-order valence-electron chi connectivity index (χ4n) is 2.33. The lowest BCUT2D eigenvalue weighted by atomic mass is 9.86. The summed E-state index contributed by atoms with van der Waals surface area (Å²) in [5.74, 6) is 0. The third kappa shape index (κ3) is 3.67. The molecule has 2 aromatic rings. The van der Waals surface area contributed by atoms with Crippen molar-refractivity contribution in [1.82, 2.24) is 10.3 Å². The molecule has 0 amide bonds. The summed E-state index contributed by atoms with van der Waals surface area (Å²) >= 11 is 0. The van der Waals surface area contributed by atoms with Gasteiger partial charge in [0.1, 0.15) is 0 Å². The van der Waals surface area contributed by atoms with Crippen molar-refractivity contribution in [2.45, 2.75) is 38.6 Å². The van der Waals surface area contributed by atoms with Crippen molar-refractivity contribution in [3.8, 4) is 0 Å². The molecule has 0 radical (unpaired) electrons. The van der Waals surface area contributed by atoms with Gasteiger partial charge in [-0.25, -0.2) is 0 Å². The van der Waals surface area contributed by atoms with E-state index in [-0.39, 0.29) is 5.41 Å². The van der Waals surface area contributed by atoms with Crippen molar-refractivity contribution in [2.24, 2.45) is 0 Å². The molecule has 0 fully saturated rings. The minimum absolute atomic E-state index is 0.203. The van der Waals surface area contributed by atoms with Gasteiger partial charge in [0, 0.05) is 24.4 Å². The molecule has 0 saturated carbocycles. The fourth-order valence-corrected chi connectivity index (χ4v) is 2.33. The van der Waals surface area contributed by atoms with Gasteiger partial charge in [-0.2, -0.15) is 0 Å². The van der Waals surface area contributed by atoms with Crippen molar-refractivity contribution < 1.29 is 0 Å². The molecule has 1 unspecified atom stereocenters. The maximum Gasteiger partial charge on any atom is 0.0422 e. The molecule has 0 saturated heterocycles. The average Bonchev–Trinajstić information content (AvgIpc) is 2.45. The van der Waals surface area contributed by atoms with Crippen LogP contribution in [0.2, 0.25) is 0 Å². The largest absolute Gasteiger partial charge is 0.313 e. The number of nitrogens with zero attached hydrogens (tertiary/aromatic N) is 1. The van der Waals surface area contributed by atoms with Gasteiger partial charge in [0.15, 0.2) is 0 Å². The fraction of sp³-hybridized carbons (Fsp3) is 0.389. The van der Waals surface area contributed by atoms with Crippen LogP contribution in [-0.2, 0) is 11.8 Å². The van der Waals surface area contributed by atoms with E-state index >= 15 is 0 Å². The van der Waals surface area contributed by atoms with E-state index in [2.05, 4.69) is 61.4 Å². The Bertz CT molecular complexity index is 524. The molecule has 1 aromatic heterocycles. The smallest absolute Gasteiger partial charge is 0.0422 e. The van der Waals surface area contributed by atoms with Crippen LogP contribution in [0.25, 0.3) is 0 Å². The number of likely N-dealkylation sites (N-methyl/N-ethyl adjacent to an activating group) is 1. The predicted octanol–water partition coefficient (Wildman–Crippen LogP) is 3.88. The van der Waals surface area contributed by atoms with Gasteiger partial charge in [0.2, 0.25) is 0 Å². The van der Waals surface area contributed by atoms with Gasteiger partial charge < -0.3 is 5.32 Å². The van der Waals surface area contributed by atoms with Crippen molar-refractivity contribution >= 4 is 0 Å². The third-order valence-electron chi connectivity index (χ3n) is 3.67. The predicted molar refractivity (Wildman–Crippen MR) is 84.9 cm³/mol. The van der Waals surface area contributed by atoms with E-state index in [1.165, 1.54) is 11.1 Å². The van der Waals surface area contributed by atoms with E-state index < -0.39 is 0 Å². The molecule has 1 N–H and O–H groups in total. The average molecular weight is 268 g/mol. The highest BCUT2D eigenvalue weighted by Crippen LogP contribution is 2.24. The number of pyridine rings is 1. The van der Waals surface area contributed by atoms with Gasteiger partial charge >= 0.3 is 0 Å². The number of hydrogen-bond donors (Lipinski definition) is 1. The summed E-state index contributed by atoms with van der Waals surface area (Å²) in [6.45, 7) is 6.72. The van der Waals surface area contributed by atoms with Crippen molar-refractivity contribution in [3.05, 3.63) is 65.5 Å². The quantitative estimate of drug-likeness (QED) is 0.910. The van der Waals surface area contributed by atoms with Crippen LogP contribution in [-0.4, -0.2) is 12.0 Å². The Morgan fingerprint density at radius 3 is 2.25 bits per heavy atom. The highest BCUT2D eigenvalue weighted by Gasteiger charge is 2.15. The highest BCUT2D eigenvalue weighted by molar-refractivity contribution is 5.30. The standard InChI is InChI=1S/C18H24N2/c1-18(2,3)15-10-8-14(9-11-15)17(19-4)13-16-7-5-6-12-20-16/h5-12,17,19H,13H2,1-4H3. The molecular formula is C18H24N2. The Morgan fingerprint density at radius 1 is 1.05 bits per heavy atom. The molecule has 0 aliphatic heterocycles. The lowest BCUT2D eigenvalue weighted by Gasteiger charge is -2.21. The molecule has 2 nitrogen and oxygen atoms in total. The summed E-state index contributed by atoms with van der Waals surface area (Å²) in [4.78, 5) is 4.41. The SMILES string of the molecule is CNC(Cc1ccccn1)c1ccc(C(C)(C)C)cc1. The van der Waals surface area contributed by atoms with E-state index in [0.29, 0.717) is 6.04 Å². The topological polar surface area (TPSA) is 24.9 Å². The van der Waals surface area contributed by atoms with E-state index in [1.54, 1.807) is 0 Å². The zero-order valence-corrected chi connectivity index (χ0v) is 12.9. The number of aromatic nitrogens is 1. The van der Waals surface area contributed by atoms with Crippen LogP contribution in [0.3, 0.4) is 0 Å². The number of benzene rings is 1. The molecule has 2 rings (SSSR count). The molecule has 1 atom stereocenters. The first-order valence-corrected chi connectivity index (χ1v) is 7.18. The molecule has 0 spiro atoms. The Balaban J connectivity index is 2.16. The summed E-state index contributed by atoms with van der Waals surface area (Å²) in [5.41, 5.74) is 4.00.